The molecular formula is C22H23ClF2N6O2. The number of ether oxygens (including phenoxy) is 1. The summed E-state index contributed by atoms with van der Waals surface area (Å²) in [6.45, 7) is 3.65. The predicted octanol–water partition coefficient (Wildman–Crippen LogP) is 3.05. The van der Waals surface area contributed by atoms with Crippen LogP contribution >= 0.6 is 12.4 Å². The first-order chi connectivity index (χ1) is 15.6. The average Bonchev–Trinajstić information content (AvgIpc) is 3.48. The topological polar surface area (TPSA) is 75.5 Å². The number of rotatable bonds is 5. The Balaban J connectivity index is 0.00000259. The fourth-order valence-corrected chi connectivity index (χ4v) is 4.21. The summed E-state index contributed by atoms with van der Waals surface area (Å²) < 4.78 is 36.5. The van der Waals surface area contributed by atoms with Gasteiger partial charge in [0, 0.05) is 37.9 Å². The van der Waals surface area contributed by atoms with E-state index in [1.165, 1.54) is 27.9 Å². The standard InChI is InChI=1S/C22H22F2N6O2.ClH/c23-18-14-16(21(30-10-7-26-27-30)29-11-12-32-22(29)31)1-3-17(18)15-2-4-20(19(24)13-15)28-8-5-25-6-9-28;/h1-4,7,10,13-14,21,25H,5-6,8-9,11-12H2;1H/t21-;/m1./s1. The number of cyclic esters (lactones) is 1. The highest BCUT2D eigenvalue weighted by Gasteiger charge is 2.33. The number of carbonyl (C=O) groups is 1. The van der Waals surface area contributed by atoms with Crippen molar-refractivity contribution in [2.24, 2.45) is 0 Å². The summed E-state index contributed by atoms with van der Waals surface area (Å²) in [5.74, 6) is -0.900. The second-order valence-corrected chi connectivity index (χ2v) is 7.71. The van der Waals surface area contributed by atoms with Gasteiger partial charge in [-0.2, -0.15) is 0 Å². The third-order valence-electron chi connectivity index (χ3n) is 5.79. The molecule has 1 amide bonds. The molecule has 1 aromatic heterocycles. The Morgan fingerprint density at radius 3 is 2.48 bits per heavy atom. The Bertz CT molecular complexity index is 1120. The quantitative estimate of drug-likeness (QED) is 0.610. The number of aromatic nitrogens is 3. The maximum atomic E-state index is 15.2. The van der Waals surface area contributed by atoms with Crippen molar-refractivity contribution < 1.29 is 18.3 Å². The van der Waals surface area contributed by atoms with E-state index in [0.717, 1.165) is 26.2 Å². The van der Waals surface area contributed by atoms with Gasteiger partial charge in [0.05, 0.1) is 18.4 Å². The Morgan fingerprint density at radius 2 is 1.85 bits per heavy atom. The van der Waals surface area contributed by atoms with Gasteiger partial charge < -0.3 is 15.0 Å². The second-order valence-electron chi connectivity index (χ2n) is 7.71. The van der Waals surface area contributed by atoms with Crippen LogP contribution in [0.1, 0.15) is 11.7 Å². The Morgan fingerprint density at radius 1 is 1.03 bits per heavy atom. The second kappa shape index (κ2) is 9.72. The molecule has 174 valence electrons. The Labute approximate surface area is 195 Å². The van der Waals surface area contributed by atoms with Gasteiger partial charge in [-0.15, -0.1) is 17.5 Å². The van der Waals surface area contributed by atoms with Gasteiger partial charge in [-0.25, -0.2) is 18.3 Å². The van der Waals surface area contributed by atoms with E-state index in [0.29, 0.717) is 23.4 Å². The van der Waals surface area contributed by atoms with Crippen molar-refractivity contribution in [3.8, 4) is 11.1 Å². The molecule has 2 aliphatic heterocycles. The molecule has 2 aliphatic rings. The summed E-state index contributed by atoms with van der Waals surface area (Å²) in [6, 6.07) is 9.43. The number of piperazine rings is 1. The summed E-state index contributed by atoms with van der Waals surface area (Å²) >= 11 is 0. The van der Waals surface area contributed by atoms with Gasteiger partial charge in [-0.1, -0.05) is 23.4 Å². The van der Waals surface area contributed by atoms with E-state index in [1.807, 2.05) is 4.90 Å². The highest BCUT2D eigenvalue weighted by Crippen LogP contribution is 2.32. The molecule has 33 heavy (non-hydrogen) atoms. The van der Waals surface area contributed by atoms with Gasteiger partial charge >= 0.3 is 6.09 Å². The number of benzene rings is 2. The SMILES string of the molecule is Cl.O=C1OCCN1[C@@H](c1ccc(-c2ccc(N3CCNCC3)c(F)c2)c(F)c1)n1ccnn1. The molecule has 0 saturated carbocycles. The molecule has 1 atom stereocenters. The number of hydrogen-bond acceptors (Lipinski definition) is 6. The predicted molar refractivity (Wildman–Crippen MR) is 120 cm³/mol. The average molecular weight is 477 g/mol. The Kier molecular flexibility index (Phi) is 6.75. The lowest BCUT2D eigenvalue weighted by Crippen LogP contribution is -2.43. The molecule has 0 radical (unpaired) electrons. The maximum Gasteiger partial charge on any atom is 0.411 e. The van der Waals surface area contributed by atoms with Crippen molar-refractivity contribution in [3.05, 3.63) is 66.0 Å². The van der Waals surface area contributed by atoms with Crippen LogP contribution in [0.5, 0.6) is 0 Å². The third kappa shape index (κ3) is 4.49. The minimum absolute atomic E-state index is 0. The van der Waals surface area contributed by atoms with Gasteiger partial charge in [-0.05, 0) is 29.3 Å². The summed E-state index contributed by atoms with van der Waals surface area (Å²) in [7, 11) is 0. The van der Waals surface area contributed by atoms with Gasteiger partial charge in [-0.3, -0.25) is 4.90 Å². The first-order valence-corrected chi connectivity index (χ1v) is 10.5. The molecule has 5 rings (SSSR count). The van der Waals surface area contributed by atoms with E-state index in [4.69, 9.17) is 4.74 Å². The monoisotopic (exact) mass is 476 g/mol. The molecule has 3 aromatic rings. The molecule has 8 nitrogen and oxygen atoms in total. The summed E-state index contributed by atoms with van der Waals surface area (Å²) in [5.41, 5.74) is 1.75. The van der Waals surface area contributed by atoms with E-state index in [-0.39, 0.29) is 30.4 Å². The van der Waals surface area contributed by atoms with Crippen LogP contribution in [0.25, 0.3) is 11.1 Å². The van der Waals surface area contributed by atoms with Crippen molar-refractivity contribution in [2.45, 2.75) is 6.17 Å². The number of carbonyl (C=O) groups excluding carboxylic acids is 1. The summed E-state index contributed by atoms with van der Waals surface area (Å²) in [4.78, 5) is 15.6. The minimum atomic E-state index is -0.692. The lowest BCUT2D eigenvalue weighted by Gasteiger charge is -2.29. The zero-order valence-electron chi connectivity index (χ0n) is 17.7. The van der Waals surface area contributed by atoms with Crippen LogP contribution in [0.4, 0.5) is 19.3 Å². The van der Waals surface area contributed by atoms with Crippen LogP contribution in [0.3, 0.4) is 0 Å². The number of nitrogens with zero attached hydrogens (tertiary/aromatic N) is 5. The fourth-order valence-electron chi connectivity index (χ4n) is 4.21. The van der Waals surface area contributed by atoms with Gasteiger partial charge in [0.2, 0.25) is 0 Å². The fraction of sp³-hybridized carbons (Fsp3) is 0.318. The van der Waals surface area contributed by atoms with E-state index in [9.17, 15) is 9.18 Å². The molecule has 3 heterocycles. The summed E-state index contributed by atoms with van der Waals surface area (Å²) in [5, 5.41) is 11.0. The van der Waals surface area contributed by atoms with E-state index < -0.39 is 18.1 Å². The van der Waals surface area contributed by atoms with Crippen molar-refractivity contribution in [1.82, 2.24) is 25.2 Å². The van der Waals surface area contributed by atoms with Crippen LogP contribution in [-0.4, -0.2) is 65.3 Å². The zero-order chi connectivity index (χ0) is 22.1. The lowest BCUT2D eigenvalue weighted by atomic mass is 10.0. The van der Waals surface area contributed by atoms with Crippen molar-refractivity contribution in [1.29, 1.82) is 0 Å². The molecule has 2 saturated heterocycles. The van der Waals surface area contributed by atoms with Crippen LogP contribution in [0.15, 0.2) is 48.8 Å². The Hall–Kier alpha value is -3.24. The normalized spacial score (nSPS) is 17.0. The van der Waals surface area contributed by atoms with Crippen LogP contribution < -0.4 is 10.2 Å². The van der Waals surface area contributed by atoms with E-state index in [1.54, 1.807) is 30.5 Å². The molecule has 2 aromatic carbocycles. The maximum absolute atomic E-state index is 15.2. The molecule has 0 spiro atoms. The molecule has 11 heteroatoms. The molecule has 2 fully saturated rings. The molecule has 0 bridgehead atoms. The van der Waals surface area contributed by atoms with Gasteiger partial charge in [0.25, 0.3) is 0 Å². The lowest BCUT2D eigenvalue weighted by molar-refractivity contribution is 0.139. The van der Waals surface area contributed by atoms with Crippen LogP contribution in [-0.2, 0) is 4.74 Å². The summed E-state index contributed by atoms with van der Waals surface area (Å²) in [6.07, 6.45) is 1.90. The molecular weight excluding hydrogens is 454 g/mol. The number of amides is 1. The largest absolute Gasteiger partial charge is 0.447 e. The molecule has 0 unspecified atom stereocenters. The third-order valence-corrected chi connectivity index (χ3v) is 5.79. The minimum Gasteiger partial charge on any atom is -0.447 e. The number of nitrogens with one attached hydrogen (secondary N) is 1. The number of halogens is 3. The van der Waals surface area contributed by atoms with Crippen LogP contribution in [0, 0.1) is 11.6 Å². The molecule has 0 aliphatic carbocycles. The first-order valence-electron chi connectivity index (χ1n) is 10.5. The first kappa shape index (κ1) is 22.9. The van der Waals surface area contributed by atoms with E-state index in [2.05, 4.69) is 15.6 Å². The van der Waals surface area contributed by atoms with E-state index >= 15 is 4.39 Å². The van der Waals surface area contributed by atoms with Gasteiger partial charge in [0.1, 0.15) is 18.2 Å². The van der Waals surface area contributed by atoms with Crippen molar-refractivity contribution >= 4 is 24.2 Å². The van der Waals surface area contributed by atoms with Crippen molar-refractivity contribution in [3.63, 3.8) is 0 Å². The molecule has 1 N–H and O–H groups in total. The number of anilines is 1. The highest BCUT2D eigenvalue weighted by molar-refractivity contribution is 5.85. The zero-order valence-corrected chi connectivity index (χ0v) is 18.5. The van der Waals surface area contributed by atoms with Crippen LogP contribution in [0.2, 0.25) is 0 Å². The smallest absolute Gasteiger partial charge is 0.411 e. The van der Waals surface area contributed by atoms with Gasteiger partial charge in [0.15, 0.2) is 6.17 Å². The number of hydrogen-bond donors (Lipinski definition) is 1. The van der Waals surface area contributed by atoms with Crippen molar-refractivity contribution in [2.75, 3.05) is 44.2 Å². The highest BCUT2D eigenvalue weighted by atomic mass is 35.5.